The second kappa shape index (κ2) is 4.79. The molecule has 17 heavy (non-hydrogen) atoms. The Balaban J connectivity index is 3.28. The lowest BCUT2D eigenvalue weighted by Crippen LogP contribution is -2.42. The fourth-order valence-electron chi connectivity index (χ4n) is 1.84. The van der Waals surface area contributed by atoms with Crippen LogP contribution in [0.1, 0.15) is 19.4 Å². The molecule has 0 saturated heterocycles. The largest absolute Gasteiger partial charge is 0.479 e. The molecule has 0 aliphatic rings. The Labute approximate surface area is 98.0 Å². The van der Waals surface area contributed by atoms with E-state index in [2.05, 4.69) is 0 Å². The van der Waals surface area contributed by atoms with Crippen molar-refractivity contribution in [2.75, 3.05) is 7.11 Å². The highest BCUT2D eigenvalue weighted by Gasteiger charge is 2.39. The van der Waals surface area contributed by atoms with Gasteiger partial charge in [-0.2, -0.15) is 0 Å². The molecule has 0 amide bonds. The quantitative estimate of drug-likeness (QED) is 0.884. The molecular formula is C12H14F2O3. The minimum atomic E-state index is -1.25. The highest BCUT2D eigenvalue weighted by atomic mass is 19.1. The van der Waals surface area contributed by atoms with E-state index in [4.69, 9.17) is 9.84 Å². The van der Waals surface area contributed by atoms with E-state index >= 15 is 0 Å². The zero-order chi connectivity index (χ0) is 13.2. The van der Waals surface area contributed by atoms with E-state index in [0.29, 0.717) is 0 Å². The van der Waals surface area contributed by atoms with Gasteiger partial charge in [-0.15, -0.1) is 0 Å². The summed E-state index contributed by atoms with van der Waals surface area (Å²) in [6.45, 7) is 2.99. The Kier molecular flexibility index (Phi) is 3.83. The maximum Gasteiger partial charge on any atom is 0.333 e. The first-order chi connectivity index (χ1) is 7.80. The summed E-state index contributed by atoms with van der Waals surface area (Å²) in [5.41, 5.74) is -1.20. The van der Waals surface area contributed by atoms with Crippen molar-refractivity contribution in [1.82, 2.24) is 0 Å². The molecule has 1 atom stereocenters. The molecule has 0 heterocycles. The van der Waals surface area contributed by atoms with Crippen LogP contribution < -0.4 is 0 Å². The van der Waals surface area contributed by atoms with Gasteiger partial charge in [-0.1, -0.05) is 13.8 Å². The number of carboxylic acids is 1. The molecule has 0 aromatic heterocycles. The molecule has 0 aliphatic heterocycles. The van der Waals surface area contributed by atoms with Gasteiger partial charge in [-0.3, -0.25) is 0 Å². The van der Waals surface area contributed by atoms with Crippen molar-refractivity contribution < 1.29 is 23.4 Å². The number of carbonyl (C=O) groups is 1. The Hall–Kier alpha value is -1.49. The summed E-state index contributed by atoms with van der Waals surface area (Å²) in [4.78, 5) is 11.0. The number of benzene rings is 1. The van der Waals surface area contributed by atoms with Crippen molar-refractivity contribution >= 4 is 5.97 Å². The predicted molar refractivity (Wildman–Crippen MR) is 57.8 cm³/mol. The molecule has 94 valence electrons. The fourth-order valence-corrected chi connectivity index (χ4v) is 1.84. The van der Waals surface area contributed by atoms with Gasteiger partial charge < -0.3 is 9.84 Å². The minimum Gasteiger partial charge on any atom is -0.479 e. The number of aliphatic carboxylic acids is 1. The average Bonchev–Trinajstić information content (AvgIpc) is 2.21. The first kappa shape index (κ1) is 13.6. The van der Waals surface area contributed by atoms with Crippen LogP contribution in [0.25, 0.3) is 0 Å². The number of hydrogen-bond donors (Lipinski definition) is 1. The second-order valence-corrected chi connectivity index (χ2v) is 4.30. The van der Waals surface area contributed by atoms with E-state index in [0.717, 1.165) is 18.2 Å². The number of rotatable bonds is 4. The summed E-state index contributed by atoms with van der Waals surface area (Å²) in [5.74, 6) is -2.49. The molecule has 1 unspecified atom stereocenters. The molecule has 3 nitrogen and oxygen atoms in total. The van der Waals surface area contributed by atoms with Crippen LogP contribution in [0.5, 0.6) is 0 Å². The van der Waals surface area contributed by atoms with Gasteiger partial charge in [0.15, 0.2) is 6.10 Å². The summed E-state index contributed by atoms with van der Waals surface area (Å²) in [7, 11) is 1.22. The SMILES string of the molecule is COC(C(=O)O)C(C)(C)c1cc(F)ccc1F. The highest BCUT2D eigenvalue weighted by Crippen LogP contribution is 2.31. The Morgan fingerprint density at radius 2 is 2.00 bits per heavy atom. The van der Waals surface area contributed by atoms with Crippen LogP contribution in [0.2, 0.25) is 0 Å². The Bertz CT molecular complexity index is 430. The highest BCUT2D eigenvalue weighted by molar-refractivity contribution is 5.74. The van der Waals surface area contributed by atoms with Gasteiger partial charge in [-0.05, 0) is 23.8 Å². The number of carboxylic acid groups (broad SMARTS) is 1. The Morgan fingerprint density at radius 3 is 2.47 bits per heavy atom. The fraction of sp³-hybridized carbons (Fsp3) is 0.417. The first-order valence-electron chi connectivity index (χ1n) is 5.02. The zero-order valence-electron chi connectivity index (χ0n) is 9.83. The van der Waals surface area contributed by atoms with Crippen LogP contribution in [-0.2, 0) is 14.9 Å². The van der Waals surface area contributed by atoms with E-state index in [9.17, 15) is 13.6 Å². The predicted octanol–water partition coefficient (Wildman–Crippen LogP) is 2.34. The Morgan fingerprint density at radius 1 is 1.41 bits per heavy atom. The molecule has 5 heteroatoms. The molecule has 0 radical (unpaired) electrons. The van der Waals surface area contributed by atoms with E-state index in [1.165, 1.54) is 21.0 Å². The van der Waals surface area contributed by atoms with E-state index in [1.54, 1.807) is 0 Å². The van der Waals surface area contributed by atoms with Crippen molar-refractivity contribution in [3.63, 3.8) is 0 Å². The topological polar surface area (TPSA) is 46.5 Å². The van der Waals surface area contributed by atoms with Crippen molar-refractivity contribution in [1.29, 1.82) is 0 Å². The van der Waals surface area contributed by atoms with Crippen LogP contribution in [0.4, 0.5) is 8.78 Å². The average molecular weight is 244 g/mol. The maximum atomic E-state index is 13.6. The molecule has 1 N–H and O–H groups in total. The van der Waals surface area contributed by atoms with Crippen molar-refractivity contribution in [3.05, 3.63) is 35.4 Å². The normalized spacial score (nSPS) is 13.5. The van der Waals surface area contributed by atoms with Gasteiger partial charge in [0.05, 0.1) is 0 Å². The summed E-state index contributed by atoms with van der Waals surface area (Å²) in [5, 5.41) is 8.99. The standard InChI is InChI=1S/C12H14F2O3/c1-12(2,10(17-3)11(15)16)8-6-7(13)4-5-9(8)14/h4-6,10H,1-3H3,(H,15,16). The number of hydrogen-bond acceptors (Lipinski definition) is 2. The molecule has 0 fully saturated rings. The van der Waals surface area contributed by atoms with Gasteiger partial charge in [0.2, 0.25) is 0 Å². The zero-order valence-corrected chi connectivity index (χ0v) is 9.83. The summed E-state index contributed by atoms with van der Waals surface area (Å²) in [6.07, 6.45) is -1.25. The van der Waals surface area contributed by atoms with E-state index in [1.807, 2.05) is 0 Å². The van der Waals surface area contributed by atoms with Crippen LogP contribution >= 0.6 is 0 Å². The molecule has 0 aliphatic carbocycles. The van der Waals surface area contributed by atoms with Crippen molar-refractivity contribution in [3.8, 4) is 0 Å². The number of methoxy groups -OCH3 is 1. The molecule has 0 saturated carbocycles. The van der Waals surface area contributed by atoms with Gasteiger partial charge in [0.1, 0.15) is 11.6 Å². The summed E-state index contributed by atoms with van der Waals surface area (Å²) >= 11 is 0. The molecular weight excluding hydrogens is 230 g/mol. The smallest absolute Gasteiger partial charge is 0.333 e. The number of halogens is 2. The molecule has 0 spiro atoms. The third-order valence-corrected chi connectivity index (χ3v) is 2.74. The van der Waals surface area contributed by atoms with Crippen LogP contribution in [-0.4, -0.2) is 24.3 Å². The summed E-state index contributed by atoms with van der Waals surface area (Å²) < 4.78 is 31.5. The van der Waals surface area contributed by atoms with Crippen molar-refractivity contribution in [2.45, 2.75) is 25.4 Å². The van der Waals surface area contributed by atoms with Crippen molar-refractivity contribution in [2.24, 2.45) is 0 Å². The number of ether oxygens (including phenoxy) is 1. The van der Waals surface area contributed by atoms with Gasteiger partial charge in [0, 0.05) is 12.5 Å². The second-order valence-electron chi connectivity index (χ2n) is 4.30. The van der Waals surface area contributed by atoms with Gasteiger partial charge >= 0.3 is 5.97 Å². The first-order valence-corrected chi connectivity index (χ1v) is 5.02. The third-order valence-electron chi connectivity index (χ3n) is 2.74. The van der Waals surface area contributed by atoms with E-state index < -0.39 is 29.1 Å². The maximum absolute atomic E-state index is 13.6. The summed E-state index contributed by atoms with van der Waals surface area (Å²) in [6, 6.07) is 2.95. The molecule has 1 rings (SSSR count). The lowest BCUT2D eigenvalue weighted by atomic mass is 9.79. The van der Waals surface area contributed by atoms with Crippen LogP contribution in [0, 0.1) is 11.6 Å². The molecule has 1 aromatic carbocycles. The minimum absolute atomic E-state index is 0.0215. The molecule has 1 aromatic rings. The lowest BCUT2D eigenvalue weighted by molar-refractivity contribution is -0.152. The molecule has 0 bridgehead atoms. The van der Waals surface area contributed by atoms with Crippen LogP contribution in [0.15, 0.2) is 18.2 Å². The monoisotopic (exact) mass is 244 g/mol. The van der Waals surface area contributed by atoms with Crippen LogP contribution in [0.3, 0.4) is 0 Å². The van der Waals surface area contributed by atoms with Gasteiger partial charge in [0.25, 0.3) is 0 Å². The van der Waals surface area contributed by atoms with Gasteiger partial charge in [-0.25, -0.2) is 13.6 Å². The lowest BCUT2D eigenvalue weighted by Gasteiger charge is -2.31. The van der Waals surface area contributed by atoms with E-state index in [-0.39, 0.29) is 5.56 Å². The third kappa shape index (κ3) is 2.61.